The first-order valence-electron chi connectivity index (χ1n) is 4.09. The van der Waals surface area contributed by atoms with Crippen LogP contribution in [0.1, 0.15) is 11.4 Å². The summed E-state index contributed by atoms with van der Waals surface area (Å²) in [6, 6.07) is 1.44. The summed E-state index contributed by atoms with van der Waals surface area (Å²) in [7, 11) is 0. The summed E-state index contributed by atoms with van der Waals surface area (Å²) in [6.07, 6.45) is -4.54. The molecule has 0 saturated heterocycles. The van der Waals surface area contributed by atoms with E-state index < -0.39 is 11.9 Å². The predicted octanol–water partition coefficient (Wildman–Crippen LogP) is 3.47. The van der Waals surface area contributed by atoms with Crippen molar-refractivity contribution in [3.63, 3.8) is 0 Å². The molecule has 0 spiro atoms. The van der Waals surface area contributed by atoms with E-state index in [0.717, 1.165) is 4.52 Å². The largest absolute Gasteiger partial charge is 0.436 e. The van der Waals surface area contributed by atoms with Crippen LogP contribution in [0.3, 0.4) is 0 Å². The van der Waals surface area contributed by atoms with Gasteiger partial charge in [-0.1, -0.05) is 11.6 Å². The van der Waals surface area contributed by atoms with E-state index in [1.807, 2.05) is 0 Å². The van der Waals surface area contributed by atoms with Crippen molar-refractivity contribution in [1.29, 1.82) is 0 Å². The lowest BCUT2D eigenvalue weighted by atomic mass is 10.4. The Kier molecular flexibility index (Phi) is 2.62. The van der Waals surface area contributed by atoms with Gasteiger partial charge in [-0.3, -0.25) is 0 Å². The van der Waals surface area contributed by atoms with Gasteiger partial charge in [0.1, 0.15) is 5.15 Å². The minimum Gasteiger partial charge on any atom is -0.233 e. The monoisotopic (exact) mass is 313 g/mol. The molecule has 0 atom stereocenters. The lowest BCUT2D eigenvalue weighted by Gasteiger charge is -2.00. The van der Waals surface area contributed by atoms with Crippen LogP contribution in [0, 0.1) is 6.92 Å². The van der Waals surface area contributed by atoms with E-state index in [-0.39, 0.29) is 15.3 Å². The Labute approximate surface area is 101 Å². The van der Waals surface area contributed by atoms with Crippen molar-refractivity contribution in [1.82, 2.24) is 14.6 Å². The van der Waals surface area contributed by atoms with Gasteiger partial charge in [0.25, 0.3) is 0 Å². The fourth-order valence-electron chi connectivity index (χ4n) is 1.25. The van der Waals surface area contributed by atoms with Crippen molar-refractivity contribution in [3.05, 3.63) is 27.1 Å². The molecule has 0 aliphatic heterocycles. The van der Waals surface area contributed by atoms with Gasteiger partial charge >= 0.3 is 6.18 Å². The number of aryl methyl sites for hydroxylation is 1. The molecule has 2 heterocycles. The molecular formula is C8H4BrClF3N3. The number of nitrogens with zero attached hydrogens (tertiary/aromatic N) is 3. The average molecular weight is 314 g/mol. The van der Waals surface area contributed by atoms with Gasteiger partial charge in [-0.2, -0.15) is 18.3 Å². The van der Waals surface area contributed by atoms with Gasteiger partial charge < -0.3 is 0 Å². The Hall–Kier alpha value is -0.820. The van der Waals surface area contributed by atoms with Crippen LogP contribution in [0.4, 0.5) is 13.2 Å². The molecule has 0 fully saturated rings. The van der Waals surface area contributed by atoms with Crippen molar-refractivity contribution in [2.45, 2.75) is 13.1 Å². The molecule has 16 heavy (non-hydrogen) atoms. The molecule has 0 unspecified atom stereocenters. The third-order valence-corrected chi connectivity index (χ3v) is 2.89. The first-order chi connectivity index (χ1) is 7.30. The predicted molar refractivity (Wildman–Crippen MR) is 55.4 cm³/mol. The summed E-state index contributed by atoms with van der Waals surface area (Å²) >= 11 is 8.60. The highest BCUT2D eigenvalue weighted by molar-refractivity contribution is 9.10. The van der Waals surface area contributed by atoms with Crippen LogP contribution in [0.25, 0.3) is 5.65 Å². The Morgan fingerprint density at radius 1 is 1.44 bits per heavy atom. The zero-order valence-corrected chi connectivity index (χ0v) is 10.2. The second-order valence-electron chi connectivity index (χ2n) is 3.12. The smallest absolute Gasteiger partial charge is 0.233 e. The Bertz CT molecular complexity index is 564. The Morgan fingerprint density at radius 2 is 2.06 bits per heavy atom. The SMILES string of the molecule is Cc1cc(Cl)n2nc(C(F)(F)F)c(Br)c2n1. The van der Waals surface area contributed by atoms with Crippen molar-refractivity contribution >= 4 is 33.2 Å². The average Bonchev–Trinajstić information content (AvgIpc) is 2.43. The first-order valence-corrected chi connectivity index (χ1v) is 5.26. The minimum absolute atomic E-state index is 0.0531. The topological polar surface area (TPSA) is 30.2 Å². The van der Waals surface area contributed by atoms with Crippen LogP contribution >= 0.6 is 27.5 Å². The van der Waals surface area contributed by atoms with Crippen molar-refractivity contribution in [2.75, 3.05) is 0 Å². The molecule has 2 aromatic rings. The molecule has 86 valence electrons. The van der Waals surface area contributed by atoms with Gasteiger partial charge in [-0.05, 0) is 28.9 Å². The fourth-order valence-corrected chi connectivity index (χ4v) is 2.09. The van der Waals surface area contributed by atoms with Gasteiger partial charge in [-0.25, -0.2) is 9.50 Å². The van der Waals surface area contributed by atoms with E-state index in [1.165, 1.54) is 6.07 Å². The van der Waals surface area contributed by atoms with E-state index >= 15 is 0 Å². The quantitative estimate of drug-likeness (QED) is 0.697. The standard InChI is InChI=1S/C8H4BrClF3N3/c1-3-2-4(10)16-7(14-3)5(9)6(15-16)8(11,12)13/h2H,1H3. The zero-order chi connectivity index (χ0) is 12.1. The molecular weight excluding hydrogens is 310 g/mol. The molecule has 3 nitrogen and oxygen atoms in total. The molecule has 0 N–H and O–H groups in total. The van der Waals surface area contributed by atoms with Crippen molar-refractivity contribution < 1.29 is 13.2 Å². The second-order valence-corrected chi connectivity index (χ2v) is 4.30. The molecule has 0 saturated carbocycles. The number of alkyl halides is 3. The van der Waals surface area contributed by atoms with Gasteiger partial charge in [0.15, 0.2) is 11.3 Å². The molecule has 8 heteroatoms. The third kappa shape index (κ3) is 1.78. The third-order valence-electron chi connectivity index (χ3n) is 1.89. The number of hydrogen-bond acceptors (Lipinski definition) is 2. The van der Waals surface area contributed by atoms with E-state index in [1.54, 1.807) is 6.92 Å². The maximum atomic E-state index is 12.5. The molecule has 2 rings (SSSR count). The molecule has 0 bridgehead atoms. The van der Waals surface area contributed by atoms with Crippen LogP contribution in [-0.2, 0) is 6.18 Å². The van der Waals surface area contributed by atoms with Crippen LogP contribution < -0.4 is 0 Å². The zero-order valence-electron chi connectivity index (χ0n) is 7.81. The molecule has 0 radical (unpaired) electrons. The maximum Gasteiger partial charge on any atom is 0.436 e. The van der Waals surface area contributed by atoms with E-state index in [2.05, 4.69) is 26.0 Å². The number of rotatable bonds is 0. The summed E-state index contributed by atoms with van der Waals surface area (Å²) < 4.78 is 38.4. The van der Waals surface area contributed by atoms with E-state index in [0.29, 0.717) is 5.69 Å². The number of hydrogen-bond donors (Lipinski definition) is 0. The van der Waals surface area contributed by atoms with Gasteiger partial charge in [-0.15, -0.1) is 0 Å². The normalized spacial score (nSPS) is 12.4. The summed E-state index contributed by atoms with van der Waals surface area (Å²) in [5.74, 6) is 0. The number of fused-ring (bicyclic) bond motifs is 1. The van der Waals surface area contributed by atoms with Gasteiger partial charge in [0.05, 0.1) is 4.47 Å². The van der Waals surface area contributed by atoms with Crippen LogP contribution in [0.2, 0.25) is 5.15 Å². The van der Waals surface area contributed by atoms with Crippen molar-refractivity contribution in [2.24, 2.45) is 0 Å². The van der Waals surface area contributed by atoms with E-state index in [9.17, 15) is 13.2 Å². The van der Waals surface area contributed by atoms with Crippen LogP contribution in [0.15, 0.2) is 10.5 Å². The number of aromatic nitrogens is 3. The maximum absolute atomic E-state index is 12.5. The lowest BCUT2D eigenvalue weighted by molar-refractivity contribution is -0.141. The lowest BCUT2D eigenvalue weighted by Crippen LogP contribution is -2.06. The van der Waals surface area contributed by atoms with Gasteiger partial charge in [0, 0.05) is 5.69 Å². The van der Waals surface area contributed by atoms with E-state index in [4.69, 9.17) is 11.6 Å². The fraction of sp³-hybridized carbons (Fsp3) is 0.250. The van der Waals surface area contributed by atoms with Crippen LogP contribution in [0.5, 0.6) is 0 Å². The first kappa shape index (κ1) is 11.7. The summed E-state index contributed by atoms with van der Waals surface area (Å²) in [5, 5.41) is 3.46. The molecule has 0 aliphatic rings. The second kappa shape index (κ2) is 3.59. The highest BCUT2D eigenvalue weighted by Gasteiger charge is 2.38. The Morgan fingerprint density at radius 3 is 2.62 bits per heavy atom. The molecule has 0 aliphatic carbocycles. The highest BCUT2D eigenvalue weighted by atomic mass is 79.9. The highest BCUT2D eigenvalue weighted by Crippen LogP contribution is 2.36. The molecule has 2 aromatic heterocycles. The summed E-state index contributed by atoms with van der Waals surface area (Å²) in [5.41, 5.74) is -0.461. The summed E-state index contributed by atoms with van der Waals surface area (Å²) in [6.45, 7) is 1.64. The van der Waals surface area contributed by atoms with Gasteiger partial charge in [0.2, 0.25) is 0 Å². The number of halogens is 5. The molecule has 0 aromatic carbocycles. The Balaban J connectivity index is 2.83. The molecule has 0 amide bonds. The van der Waals surface area contributed by atoms with Crippen molar-refractivity contribution in [3.8, 4) is 0 Å². The minimum atomic E-state index is -4.54. The summed E-state index contributed by atoms with van der Waals surface area (Å²) in [4.78, 5) is 3.94. The van der Waals surface area contributed by atoms with Crippen LogP contribution in [-0.4, -0.2) is 14.6 Å².